The molecule has 0 amide bonds. The van der Waals surface area contributed by atoms with Crippen molar-refractivity contribution >= 4 is 11.8 Å². The van der Waals surface area contributed by atoms with Gasteiger partial charge in [0.15, 0.2) is 0 Å². The van der Waals surface area contributed by atoms with Gasteiger partial charge in [0.25, 0.3) is 0 Å². The topological polar surface area (TPSA) is 49.7 Å². The molecule has 0 aliphatic rings. The van der Waals surface area contributed by atoms with Crippen LogP contribution in [0.15, 0.2) is 0 Å². The van der Waals surface area contributed by atoms with Gasteiger partial charge in [0.2, 0.25) is 0 Å². The Morgan fingerprint density at radius 2 is 1.30 bits per heavy atom. The zero-order valence-corrected chi connectivity index (χ0v) is 16.1. The maximum absolute atomic E-state index is 9.11. The molecule has 140 valence electrons. The lowest BCUT2D eigenvalue weighted by molar-refractivity contribution is 0.00526. The summed E-state index contributed by atoms with van der Waals surface area (Å²) in [5, 5.41) is 17.7. The lowest BCUT2D eigenvalue weighted by Gasteiger charge is -2.08. The van der Waals surface area contributed by atoms with Crippen molar-refractivity contribution in [2.75, 3.05) is 31.3 Å². The van der Waals surface area contributed by atoms with E-state index in [1.54, 1.807) is 0 Å². The summed E-state index contributed by atoms with van der Waals surface area (Å²) in [5.74, 6) is 2.68. The van der Waals surface area contributed by atoms with Gasteiger partial charge in [-0.15, -0.1) is 0 Å². The van der Waals surface area contributed by atoms with Crippen LogP contribution in [0.25, 0.3) is 0 Å². The Morgan fingerprint density at radius 1 is 0.783 bits per heavy atom. The summed E-state index contributed by atoms with van der Waals surface area (Å²) in [5.41, 5.74) is 0. The van der Waals surface area contributed by atoms with E-state index in [-0.39, 0.29) is 13.2 Å². The highest BCUT2D eigenvalue weighted by atomic mass is 32.2. The number of rotatable bonds is 19. The Balaban J connectivity index is 2.97. The summed E-state index contributed by atoms with van der Waals surface area (Å²) in [6, 6.07) is 0. The number of aliphatic hydroxyl groups is 2. The molecule has 0 aromatic rings. The fourth-order valence-electron chi connectivity index (χ4n) is 2.47. The van der Waals surface area contributed by atoms with E-state index in [0.717, 1.165) is 6.42 Å². The van der Waals surface area contributed by atoms with Crippen LogP contribution in [0.2, 0.25) is 0 Å². The summed E-state index contributed by atoms with van der Waals surface area (Å²) in [6.07, 6.45) is 15.3. The summed E-state index contributed by atoms with van der Waals surface area (Å²) >= 11 is 2.13. The molecule has 0 fully saturated rings. The molecule has 1 atom stereocenters. The minimum Gasteiger partial charge on any atom is -0.394 e. The molecule has 23 heavy (non-hydrogen) atoms. The van der Waals surface area contributed by atoms with Crippen molar-refractivity contribution in [2.24, 2.45) is 0 Å². The van der Waals surface area contributed by atoms with E-state index in [9.17, 15) is 0 Å². The number of ether oxygens (including phenoxy) is 1. The molecule has 0 unspecified atom stereocenters. The quantitative estimate of drug-likeness (QED) is 0.330. The van der Waals surface area contributed by atoms with E-state index in [0.29, 0.717) is 6.61 Å². The van der Waals surface area contributed by atoms with Gasteiger partial charge in [0.05, 0.1) is 13.2 Å². The van der Waals surface area contributed by atoms with Crippen molar-refractivity contribution in [1.29, 1.82) is 0 Å². The average Bonchev–Trinajstić information content (AvgIpc) is 2.57. The van der Waals surface area contributed by atoms with E-state index >= 15 is 0 Å². The molecular weight excluding hydrogens is 308 g/mol. The van der Waals surface area contributed by atoms with E-state index < -0.39 is 6.10 Å². The van der Waals surface area contributed by atoms with Gasteiger partial charge in [-0.05, 0) is 30.8 Å². The Labute approximate surface area is 148 Å². The molecule has 0 heterocycles. The van der Waals surface area contributed by atoms with Gasteiger partial charge in [-0.25, -0.2) is 0 Å². The van der Waals surface area contributed by atoms with Gasteiger partial charge >= 0.3 is 0 Å². The lowest BCUT2D eigenvalue weighted by Crippen LogP contribution is -2.19. The molecular formula is C19H40O3S. The van der Waals surface area contributed by atoms with Crippen LogP contribution in [0.3, 0.4) is 0 Å². The highest BCUT2D eigenvalue weighted by molar-refractivity contribution is 7.99. The fraction of sp³-hybridized carbons (Fsp3) is 1.00. The van der Waals surface area contributed by atoms with Crippen LogP contribution in [-0.4, -0.2) is 47.6 Å². The van der Waals surface area contributed by atoms with E-state index in [2.05, 4.69) is 18.7 Å². The summed E-state index contributed by atoms with van der Waals surface area (Å²) < 4.78 is 5.29. The van der Waals surface area contributed by atoms with E-state index in [1.807, 2.05) is 0 Å². The molecule has 0 aromatic heterocycles. The van der Waals surface area contributed by atoms with Crippen LogP contribution in [0.4, 0.5) is 0 Å². The van der Waals surface area contributed by atoms with Crippen LogP contribution in [-0.2, 0) is 4.74 Å². The second-order valence-electron chi connectivity index (χ2n) is 6.41. The SMILES string of the molecule is CCCCCCCCSCCCCCCCCOC[C@H](O)CO. The van der Waals surface area contributed by atoms with Crippen LogP contribution >= 0.6 is 11.8 Å². The van der Waals surface area contributed by atoms with Crippen LogP contribution in [0.5, 0.6) is 0 Å². The van der Waals surface area contributed by atoms with Crippen LogP contribution in [0.1, 0.15) is 84.0 Å². The molecule has 0 spiro atoms. The van der Waals surface area contributed by atoms with Crippen molar-refractivity contribution < 1.29 is 14.9 Å². The molecule has 0 aromatic carbocycles. The number of hydrogen-bond acceptors (Lipinski definition) is 4. The largest absolute Gasteiger partial charge is 0.394 e. The molecule has 0 rings (SSSR count). The monoisotopic (exact) mass is 348 g/mol. The van der Waals surface area contributed by atoms with Gasteiger partial charge in [-0.1, -0.05) is 64.7 Å². The first-order valence-electron chi connectivity index (χ1n) is 9.75. The standard InChI is InChI=1S/C19H40O3S/c1-2-3-4-5-9-12-15-23-16-13-10-7-6-8-11-14-22-18-19(21)17-20/h19-21H,2-18H2,1H3/t19-/m1/s1. The summed E-state index contributed by atoms with van der Waals surface area (Å²) in [6.45, 7) is 3.02. The smallest absolute Gasteiger partial charge is 0.100 e. The van der Waals surface area contributed by atoms with Gasteiger partial charge in [0, 0.05) is 6.61 Å². The van der Waals surface area contributed by atoms with Gasteiger partial charge in [0.1, 0.15) is 6.10 Å². The number of thioether (sulfide) groups is 1. The highest BCUT2D eigenvalue weighted by Gasteiger charge is 2.00. The second-order valence-corrected chi connectivity index (χ2v) is 7.64. The summed E-state index contributed by atoms with van der Waals surface area (Å²) in [4.78, 5) is 0. The number of unbranched alkanes of at least 4 members (excludes halogenated alkanes) is 10. The number of hydrogen-bond donors (Lipinski definition) is 2. The maximum Gasteiger partial charge on any atom is 0.100 e. The van der Waals surface area contributed by atoms with Gasteiger partial charge < -0.3 is 14.9 Å². The third-order valence-electron chi connectivity index (χ3n) is 3.99. The Hall–Kier alpha value is 0.230. The van der Waals surface area contributed by atoms with Crippen molar-refractivity contribution in [1.82, 2.24) is 0 Å². The highest BCUT2D eigenvalue weighted by Crippen LogP contribution is 2.13. The zero-order chi connectivity index (χ0) is 17.0. The first-order chi connectivity index (χ1) is 11.3. The third-order valence-corrected chi connectivity index (χ3v) is 5.15. The predicted octanol–water partition coefficient (Wildman–Crippen LogP) is 4.79. The predicted molar refractivity (Wildman–Crippen MR) is 102 cm³/mol. The second kappa shape index (κ2) is 20.3. The van der Waals surface area contributed by atoms with Gasteiger partial charge in [-0.3, -0.25) is 0 Å². The summed E-state index contributed by atoms with van der Waals surface area (Å²) in [7, 11) is 0. The lowest BCUT2D eigenvalue weighted by atomic mass is 10.1. The zero-order valence-electron chi connectivity index (χ0n) is 15.3. The van der Waals surface area contributed by atoms with Crippen molar-refractivity contribution in [3.05, 3.63) is 0 Å². The normalized spacial score (nSPS) is 12.7. The van der Waals surface area contributed by atoms with Crippen molar-refractivity contribution in [2.45, 2.75) is 90.1 Å². The molecule has 0 saturated carbocycles. The Morgan fingerprint density at radius 3 is 1.87 bits per heavy atom. The minimum atomic E-state index is -0.719. The molecule has 0 bridgehead atoms. The molecule has 2 N–H and O–H groups in total. The molecule has 0 aliphatic carbocycles. The minimum absolute atomic E-state index is 0.211. The first kappa shape index (κ1) is 23.2. The maximum atomic E-state index is 9.11. The average molecular weight is 349 g/mol. The fourth-order valence-corrected chi connectivity index (χ4v) is 3.49. The molecule has 0 radical (unpaired) electrons. The number of aliphatic hydroxyl groups excluding tert-OH is 2. The van der Waals surface area contributed by atoms with Crippen LogP contribution in [0, 0.1) is 0 Å². The third kappa shape index (κ3) is 20.2. The Bertz CT molecular complexity index is 215. The molecule has 0 aliphatic heterocycles. The Kier molecular flexibility index (Phi) is 20.5. The van der Waals surface area contributed by atoms with E-state index in [4.69, 9.17) is 14.9 Å². The molecule has 3 nitrogen and oxygen atoms in total. The molecule has 4 heteroatoms. The van der Waals surface area contributed by atoms with Crippen molar-refractivity contribution in [3.63, 3.8) is 0 Å². The first-order valence-corrected chi connectivity index (χ1v) is 10.9. The van der Waals surface area contributed by atoms with Crippen molar-refractivity contribution in [3.8, 4) is 0 Å². The van der Waals surface area contributed by atoms with Gasteiger partial charge in [-0.2, -0.15) is 11.8 Å². The van der Waals surface area contributed by atoms with Crippen LogP contribution < -0.4 is 0 Å². The van der Waals surface area contributed by atoms with E-state index in [1.165, 1.54) is 82.1 Å². The molecule has 0 saturated heterocycles.